The van der Waals surface area contributed by atoms with Gasteiger partial charge in [0, 0.05) is 11.4 Å². The van der Waals surface area contributed by atoms with Gasteiger partial charge in [0.1, 0.15) is 6.04 Å². The number of hydrogen-bond donors (Lipinski definition) is 2. The smallest absolute Gasteiger partial charge is 0.240 e. The summed E-state index contributed by atoms with van der Waals surface area (Å²) < 4.78 is 0. The van der Waals surface area contributed by atoms with Gasteiger partial charge >= 0.3 is 0 Å². The maximum Gasteiger partial charge on any atom is 0.240 e. The Morgan fingerprint density at radius 3 is 1.93 bits per heavy atom. The molecule has 0 aliphatic heterocycles. The van der Waals surface area contributed by atoms with Gasteiger partial charge in [0.25, 0.3) is 0 Å². The molecular formula is C23H21ClN2O2. The molecule has 5 heteroatoms. The van der Waals surface area contributed by atoms with Crippen LogP contribution in [-0.2, 0) is 16.0 Å². The van der Waals surface area contributed by atoms with Crippen molar-refractivity contribution in [3.05, 3.63) is 107 Å². The molecular weight excluding hydrogens is 372 g/mol. The number of hydrogen-bond acceptors (Lipinski definition) is 2. The van der Waals surface area contributed by atoms with Crippen LogP contribution in [0.2, 0.25) is 5.02 Å². The van der Waals surface area contributed by atoms with Crippen LogP contribution in [0, 0.1) is 0 Å². The monoisotopic (exact) mass is 392 g/mol. The first-order chi connectivity index (χ1) is 13.5. The lowest BCUT2D eigenvalue weighted by Crippen LogP contribution is -2.47. The minimum atomic E-state index is -0.833. The predicted octanol–water partition coefficient (Wildman–Crippen LogP) is 3.68. The molecule has 0 heterocycles. The Morgan fingerprint density at radius 1 is 0.857 bits per heavy atom. The second-order valence-electron chi connectivity index (χ2n) is 6.55. The molecule has 3 aromatic carbocycles. The molecule has 28 heavy (non-hydrogen) atoms. The lowest BCUT2D eigenvalue weighted by atomic mass is 9.90. The number of nitrogens with one attached hydrogen (secondary N) is 1. The number of nitrogens with two attached hydrogens (primary N) is 1. The van der Waals surface area contributed by atoms with E-state index < -0.39 is 17.9 Å². The normalized spacial score (nSPS) is 11.8. The molecule has 0 unspecified atom stereocenters. The first kappa shape index (κ1) is 19.6. The summed E-state index contributed by atoms with van der Waals surface area (Å²) in [4.78, 5) is 25.2. The van der Waals surface area contributed by atoms with Crippen LogP contribution in [0.1, 0.15) is 22.6 Å². The van der Waals surface area contributed by atoms with Crippen molar-refractivity contribution in [1.82, 2.24) is 5.32 Å². The summed E-state index contributed by atoms with van der Waals surface area (Å²) in [7, 11) is 0. The molecule has 0 fully saturated rings. The topological polar surface area (TPSA) is 72.2 Å². The third-order valence-corrected chi connectivity index (χ3v) is 4.75. The summed E-state index contributed by atoms with van der Waals surface area (Å²) in [5.41, 5.74) is 8.08. The highest BCUT2D eigenvalue weighted by atomic mass is 35.5. The van der Waals surface area contributed by atoms with Crippen molar-refractivity contribution in [3.8, 4) is 0 Å². The largest absolute Gasteiger partial charge is 0.368 e. The third kappa shape index (κ3) is 4.99. The minimum absolute atomic E-state index is 0.275. The van der Waals surface area contributed by atoms with Crippen LogP contribution >= 0.6 is 11.6 Å². The number of halogens is 1. The average Bonchev–Trinajstić information content (AvgIpc) is 2.69. The fourth-order valence-corrected chi connectivity index (χ4v) is 3.38. The van der Waals surface area contributed by atoms with Crippen molar-refractivity contribution in [2.45, 2.75) is 18.4 Å². The predicted molar refractivity (Wildman–Crippen MR) is 111 cm³/mol. The summed E-state index contributed by atoms with van der Waals surface area (Å²) in [6, 6.07) is 25.2. The fraction of sp³-hybridized carbons (Fsp3) is 0.130. The first-order valence-corrected chi connectivity index (χ1v) is 9.36. The van der Waals surface area contributed by atoms with Crippen LogP contribution in [0.4, 0.5) is 0 Å². The molecule has 142 valence electrons. The van der Waals surface area contributed by atoms with E-state index in [1.165, 1.54) is 0 Å². The van der Waals surface area contributed by atoms with Crippen molar-refractivity contribution < 1.29 is 9.59 Å². The van der Waals surface area contributed by atoms with E-state index in [1.807, 2.05) is 66.7 Å². The highest BCUT2D eigenvalue weighted by Crippen LogP contribution is 2.25. The fourth-order valence-electron chi connectivity index (χ4n) is 3.16. The van der Waals surface area contributed by atoms with Crippen molar-refractivity contribution in [2.75, 3.05) is 0 Å². The molecule has 1 atom stereocenters. The molecule has 0 saturated heterocycles. The van der Waals surface area contributed by atoms with Crippen molar-refractivity contribution in [1.29, 1.82) is 0 Å². The highest BCUT2D eigenvalue weighted by Gasteiger charge is 2.27. The average molecular weight is 393 g/mol. The lowest BCUT2D eigenvalue weighted by Gasteiger charge is -2.22. The summed E-state index contributed by atoms with van der Waals surface area (Å²) in [6.07, 6.45) is 0.276. The molecule has 4 nitrogen and oxygen atoms in total. The van der Waals surface area contributed by atoms with E-state index in [1.54, 1.807) is 18.2 Å². The molecule has 0 aromatic heterocycles. The summed E-state index contributed by atoms with van der Waals surface area (Å²) >= 11 is 6.02. The van der Waals surface area contributed by atoms with Gasteiger partial charge < -0.3 is 11.1 Å². The molecule has 0 aliphatic carbocycles. The van der Waals surface area contributed by atoms with Gasteiger partial charge in [-0.2, -0.15) is 0 Å². The zero-order valence-electron chi connectivity index (χ0n) is 15.2. The Labute approximate surface area is 169 Å². The Kier molecular flexibility index (Phi) is 6.45. The van der Waals surface area contributed by atoms with Gasteiger partial charge in [0.2, 0.25) is 11.8 Å². The molecule has 3 N–H and O–H groups in total. The second-order valence-corrected chi connectivity index (χ2v) is 6.99. The van der Waals surface area contributed by atoms with Gasteiger partial charge in [-0.1, -0.05) is 84.4 Å². The molecule has 2 amide bonds. The zero-order chi connectivity index (χ0) is 19.9. The number of amides is 2. The standard InChI is InChI=1S/C23H21ClN2O2/c24-19-13-7-8-16(14-19)15-20(22(25)27)26-23(28)21(17-9-3-1-4-10-17)18-11-5-2-6-12-18/h1-14,20-21H,15H2,(H2,25,27)(H,26,28)/t20-/m1/s1. The van der Waals surface area contributed by atoms with Gasteiger partial charge in [-0.15, -0.1) is 0 Å². The number of carbonyl (C=O) groups is 2. The third-order valence-electron chi connectivity index (χ3n) is 4.52. The van der Waals surface area contributed by atoms with Gasteiger partial charge in [-0.3, -0.25) is 9.59 Å². The zero-order valence-corrected chi connectivity index (χ0v) is 16.0. The number of benzene rings is 3. The van der Waals surface area contributed by atoms with Gasteiger partial charge in [0.05, 0.1) is 5.92 Å². The molecule has 3 rings (SSSR count). The van der Waals surface area contributed by atoms with Gasteiger partial charge in [-0.25, -0.2) is 0 Å². The van der Waals surface area contributed by atoms with Crippen LogP contribution in [0.5, 0.6) is 0 Å². The number of rotatable bonds is 7. The lowest BCUT2D eigenvalue weighted by molar-refractivity contribution is -0.127. The Hall–Kier alpha value is -3.11. The highest BCUT2D eigenvalue weighted by molar-refractivity contribution is 6.30. The first-order valence-electron chi connectivity index (χ1n) is 8.98. The van der Waals surface area contributed by atoms with E-state index in [2.05, 4.69) is 5.32 Å². The van der Waals surface area contributed by atoms with Crippen LogP contribution < -0.4 is 11.1 Å². The molecule has 0 saturated carbocycles. The van der Waals surface area contributed by atoms with Crippen LogP contribution in [0.3, 0.4) is 0 Å². The van der Waals surface area contributed by atoms with Crippen molar-refractivity contribution in [3.63, 3.8) is 0 Å². The maximum atomic E-state index is 13.2. The van der Waals surface area contributed by atoms with Crippen molar-refractivity contribution >= 4 is 23.4 Å². The van der Waals surface area contributed by atoms with E-state index in [4.69, 9.17) is 17.3 Å². The molecule has 0 spiro atoms. The van der Waals surface area contributed by atoms with E-state index in [0.29, 0.717) is 5.02 Å². The molecule has 0 aliphatic rings. The summed E-state index contributed by atoms with van der Waals surface area (Å²) in [5.74, 6) is -1.40. The molecule has 0 radical (unpaired) electrons. The quantitative estimate of drug-likeness (QED) is 0.643. The van der Waals surface area contributed by atoms with Gasteiger partial charge in [-0.05, 0) is 28.8 Å². The van der Waals surface area contributed by atoms with E-state index in [0.717, 1.165) is 16.7 Å². The van der Waals surface area contributed by atoms with E-state index in [-0.39, 0.29) is 12.3 Å². The van der Waals surface area contributed by atoms with Crippen LogP contribution in [0.25, 0.3) is 0 Å². The van der Waals surface area contributed by atoms with Gasteiger partial charge in [0.15, 0.2) is 0 Å². The molecule has 3 aromatic rings. The van der Waals surface area contributed by atoms with Crippen LogP contribution in [0.15, 0.2) is 84.9 Å². The Morgan fingerprint density at radius 2 is 1.43 bits per heavy atom. The van der Waals surface area contributed by atoms with E-state index >= 15 is 0 Å². The Balaban J connectivity index is 1.86. The second kappa shape index (κ2) is 9.20. The maximum absolute atomic E-state index is 13.2. The summed E-state index contributed by atoms with van der Waals surface area (Å²) in [6.45, 7) is 0. The van der Waals surface area contributed by atoms with Crippen molar-refractivity contribution in [2.24, 2.45) is 5.73 Å². The summed E-state index contributed by atoms with van der Waals surface area (Å²) in [5, 5.41) is 3.39. The minimum Gasteiger partial charge on any atom is -0.368 e. The van der Waals surface area contributed by atoms with Crippen LogP contribution in [-0.4, -0.2) is 17.9 Å². The number of carbonyl (C=O) groups excluding carboxylic acids is 2. The SMILES string of the molecule is NC(=O)[C@@H](Cc1cccc(Cl)c1)NC(=O)C(c1ccccc1)c1ccccc1. The Bertz CT molecular complexity index is 906. The number of primary amides is 1. The molecule has 0 bridgehead atoms. The van der Waals surface area contributed by atoms with E-state index in [9.17, 15) is 9.59 Å².